The second-order valence-electron chi connectivity index (χ2n) is 7.12. The summed E-state index contributed by atoms with van der Waals surface area (Å²) >= 11 is 5.90. The third-order valence-electron chi connectivity index (χ3n) is 4.85. The fraction of sp³-hybridized carbons (Fsp3) is 0.300. The predicted octanol–water partition coefficient (Wildman–Crippen LogP) is 3.66. The number of rotatable bonds is 4. The molecule has 1 saturated heterocycles. The number of pyridine rings is 1. The van der Waals surface area contributed by atoms with Crippen LogP contribution in [0.1, 0.15) is 26.3 Å². The molecule has 4 rings (SSSR count). The van der Waals surface area contributed by atoms with E-state index in [0.29, 0.717) is 23.7 Å². The largest absolute Gasteiger partial charge is 0.324 e. The van der Waals surface area contributed by atoms with Gasteiger partial charge in [0, 0.05) is 28.7 Å². The highest BCUT2D eigenvalue weighted by atomic mass is 35.5. The average Bonchev–Trinajstić information content (AvgIpc) is 3.26. The molecule has 8 heteroatoms. The van der Waals surface area contributed by atoms with Crippen molar-refractivity contribution in [3.8, 4) is 0 Å². The number of halogens is 1. The topological polar surface area (TPSA) is 80.1 Å². The normalized spacial score (nSPS) is 16.9. The zero-order valence-corrected chi connectivity index (χ0v) is 16.3. The molecular weight excluding hydrogens is 378 g/mol. The van der Waals surface area contributed by atoms with E-state index < -0.39 is 5.92 Å². The number of amides is 2. The SMILES string of the molecule is CC(C)n1ncc2cc(NC(=O)C3CCN(c4ccc(Cl)cc4)C3=O)cnc21. The Morgan fingerprint density at radius 3 is 2.71 bits per heavy atom. The van der Waals surface area contributed by atoms with Gasteiger partial charge >= 0.3 is 0 Å². The van der Waals surface area contributed by atoms with Crippen molar-refractivity contribution >= 4 is 45.8 Å². The van der Waals surface area contributed by atoms with Gasteiger partial charge in [-0.2, -0.15) is 5.10 Å². The summed E-state index contributed by atoms with van der Waals surface area (Å²) in [4.78, 5) is 31.4. The van der Waals surface area contributed by atoms with Crippen molar-refractivity contribution in [1.82, 2.24) is 14.8 Å². The lowest BCUT2D eigenvalue weighted by Gasteiger charge is -2.16. The Morgan fingerprint density at radius 1 is 1.25 bits per heavy atom. The highest BCUT2D eigenvalue weighted by Crippen LogP contribution is 2.27. The molecule has 1 N–H and O–H groups in total. The summed E-state index contributed by atoms with van der Waals surface area (Å²) in [7, 11) is 0. The molecule has 1 aliphatic heterocycles. The number of benzene rings is 1. The van der Waals surface area contributed by atoms with Crippen molar-refractivity contribution in [2.75, 3.05) is 16.8 Å². The van der Waals surface area contributed by atoms with Crippen LogP contribution in [0.15, 0.2) is 42.7 Å². The third kappa shape index (κ3) is 3.33. The van der Waals surface area contributed by atoms with Gasteiger partial charge < -0.3 is 10.2 Å². The molecule has 1 aromatic carbocycles. The van der Waals surface area contributed by atoms with Gasteiger partial charge in [0.1, 0.15) is 5.92 Å². The van der Waals surface area contributed by atoms with Crippen LogP contribution in [0.2, 0.25) is 5.02 Å². The van der Waals surface area contributed by atoms with E-state index in [4.69, 9.17) is 11.6 Å². The maximum Gasteiger partial charge on any atom is 0.239 e. The summed E-state index contributed by atoms with van der Waals surface area (Å²) in [6, 6.07) is 9.05. The molecule has 0 radical (unpaired) electrons. The Labute approximate surface area is 167 Å². The first kappa shape index (κ1) is 18.4. The van der Waals surface area contributed by atoms with Crippen LogP contribution in [0.3, 0.4) is 0 Å². The van der Waals surface area contributed by atoms with Crippen molar-refractivity contribution in [3.63, 3.8) is 0 Å². The number of aromatic nitrogens is 3. The van der Waals surface area contributed by atoms with Crippen molar-refractivity contribution in [3.05, 3.63) is 47.7 Å². The van der Waals surface area contributed by atoms with Gasteiger partial charge in [0.2, 0.25) is 11.8 Å². The minimum absolute atomic E-state index is 0.195. The second-order valence-corrected chi connectivity index (χ2v) is 7.55. The van der Waals surface area contributed by atoms with E-state index in [0.717, 1.165) is 16.7 Å². The summed E-state index contributed by atoms with van der Waals surface area (Å²) < 4.78 is 1.82. The molecule has 1 atom stereocenters. The summed E-state index contributed by atoms with van der Waals surface area (Å²) in [5, 5.41) is 8.59. The molecular formula is C20H20ClN5O2. The van der Waals surface area contributed by atoms with Crippen molar-refractivity contribution in [2.45, 2.75) is 26.3 Å². The lowest BCUT2D eigenvalue weighted by atomic mass is 10.1. The van der Waals surface area contributed by atoms with Crippen molar-refractivity contribution in [1.29, 1.82) is 0 Å². The maximum absolute atomic E-state index is 12.7. The van der Waals surface area contributed by atoms with Gasteiger partial charge in [-0.05, 0) is 50.6 Å². The van der Waals surface area contributed by atoms with Crippen LogP contribution in [0, 0.1) is 5.92 Å². The van der Waals surface area contributed by atoms with Gasteiger partial charge in [-0.25, -0.2) is 9.67 Å². The summed E-state index contributed by atoms with van der Waals surface area (Å²) in [5.74, 6) is -1.25. The Balaban J connectivity index is 1.48. The van der Waals surface area contributed by atoms with E-state index in [2.05, 4.69) is 15.4 Å². The Morgan fingerprint density at radius 2 is 2.00 bits per heavy atom. The number of hydrogen-bond donors (Lipinski definition) is 1. The van der Waals surface area contributed by atoms with Crippen LogP contribution in [0.4, 0.5) is 11.4 Å². The molecule has 2 amide bonds. The number of carbonyl (C=O) groups excluding carboxylic acids is 2. The van der Waals surface area contributed by atoms with E-state index in [9.17, 15) is 9.59 Å². The number of fused-ring (bicyclic) bond motifs is 1. The van der Waals surface area contributed by atoms with Crippen molar-refractivity contribution < 1.29 is 9.59 Å². The maximum atomic E-state index is 12.7. The number of hydrogen-bond acceptors (Lipinski definition) is 4. The molecule has 1 fully saturated rings. The average molecular weight is 398 g/mol. The number of carbonyl (C=O) groups is 2. The van der Waals surface area contributed by atoms with Crippen LogP contribution in [0.25, 0.3) is 11.0 Å². The molecule has 0 bridgehead atoms. The van der Waals surface area contributed by atoms with Crippen LogP contribution < -0.4 is 10.2 Å². The van der Waals surface area contributed by atoms with Crippen LogP contribution in [-0.4, -0.2) is 33.1 Å². The van der Waals surface area contributed by atoms with Crippen LogP contribution in [0.5, 0.6) is 0 Å². The molecule has 144 valence electrons. The van der Waals surface area contributed by atoms with Gasteiger partial charge in [0.05, 0.1) is 18.1 Å². The van der Waals surface area contributed by atoms with E-state index in [-0.39, 0.29) is 17.9 Å². The van der Waals surface area contributed by atoms with E-state index >= 15 is 0 Å². The van der Waals surface area contributed by atoms with Gasteiger partial charge in [-0.1, -0.05) is 11.6 Å². The molecule has 3 heterocycles. The van der Waals surface area contributed by atoms with E-state index in [1.54, 1.807) is 41.6 Å². The molecule has 1 unspecified atom stereocenters. The highest BCUT2D eigenvalue weighted by molar-refractivity contribution is 6.30. The Hall–Kier alpha value is -2.93. The highest BCUT2D eigenvalue weighted by Gasteiger charge is 2.37. The second kappa shape index (κ2) is 7.24. The quantitative estimate of drug-likeness (QED) is 0.681. The standard InChI is InChI=1S/C20H20ClN5O2/c1-12(2)26-18-13(10-23-26)9-15(11-22-18)24-19(27)17-7-8-25(20(17)28)16-5-3-14(21)4-6-16/h3-6,9-12,17H,7-8H2,1-2H3,(H,24,27). The van der Waals surface area contributed by atoms with Gasteiger partial charge in [0.15, 0.2) is 5.65 Å². The van der Waals surface area contributed by atoms with Crippen LogP contribution >= 0.6 is 11.6 Å². The van der Waals surface area contributed by atoms with Gasteiger partial charge in [-0.3, -0.25) is 9.59 Å². The number of nitrogens with one attached hydrogen (secondary N) is 1. The minimum atomic E-state index is -0.718. The Kier molecular flexibility index (Phi) is 4.77. The fourth-order valence-electron chi connectivity index (χ4n) is 3.42. The van der Waals surface area contributed by atoms with E-state index in [1.807, 2.05) is 24.6 Å². The summed E-state index contributed by atoms with van der Waals surface area (Å²) in [6.45, 7) is 4.56. The molecule has 1 aliphatic rings. The molecule has 28 heavy (non-hydrogen) atoms. The lowest BCUT2D eigenvalue weighted by molar-refractivity contribution is -0.129. The Bertz CT molecular complexity index is 1040. The number of nitrogens with zero attached hydrogens (tertiary/aromatic N) is 4. The summed E-state index contributed by atoms with van der Waals surface area (Å²) in [6.07, 6.45) is 3.78. The number of anilines is 2. The van der Waals surface area contributed by atoms with Gasteiger partial charge in [0.25, 0.3) is 0 Å². The fourth-order valence-corrected chi connectivity index (χ4v) is 3.54. The molecule has 0 saturated carbocycles. The first-order valence-corrected chi connectivity index (χ1v) is 9.53. The molecule has 3 aromatic rings. The third-order valence-corrected chi connectivity index (χ3v) is 5.10. The first-order valence-electron chi connectivity index (χ1n) is 9.15. The smallest absolute Gasteiger partial charge is 0.239 e. The minimum Gasteiger partial charge on any atom is -0.324 e. The molecule has 0 spiro atoms. The molecule has 2 aromatic heterocycles. The zero-order chi connectivity index (χ0) is 19.8. The first-order chi connectivity index (χ1) is 13.4. The summed E-state index contributed by atoms with van der Waals surface area (Å²) in [5.41, 5.74) is 2.06. The lowest BCUT2D eigenvalue weighted by Crippen LogP contribution is -2.33. The van der Waals surface area contributed by atoms with E-state index in [1.165, 1.54) is 0 Å². The van der Waals surface area contributed by atoms with Crippen LogP contribution in [-0.2, 0) is 9.59 Å². The predicted molar refractivity (Wildman–Crippen MR) is 108 cm³/mol. The molecule has 0 aliphatic carbocycles. The monoisotopic (exact) mass is 397 g/mol. The van der Waals surface area contributed by atoms with Crippen molar-refractivity contribution in [2.24, 2.45) is 5.92 Å². The van der Waals surface area contributed by atoms with Gasteiger partial charge in [-0.15, -0.1) is 0 Å². The zero-order valence-electron chi connectivity index (χ0n) is 15.6. The molecule has 7 nitrogen and oxygen atoms in total.